The molecule has 0 aromatic heterocycles. The standard InChI is InChI=1S/C23H27F9N4O4/c24-21(25,26)15-2-1-14(17(11-15)35-5-3-16(4-6-35)33-12-18(37)38)13-34-7-9-36(10-8-34)20(39)40-19(22(27,28)29)23(30,31)32/h1-2,11,16,19,33H,3-10,12-13H2,(H,37,38). The molecular weight excluding hydrogens is 567 g/mol. The number of hydrogen-bond acceptors (Lipinski definition) is 6. The molecule has 0 unspecified atom stereocenters. The van der Waals surface area contributed by atoms with Crippen molar-refractivity contribution in [2.45, 2.75) is 50.1 Å². The lowest BCUT2D eigenvalue weighted by molar-refractivity contribution is -0.308. The number of ether oxygens (including phenoxy) is 1. The van der Waals surface area contributed by atoms with Crippen molar-refractivity contribution in [3.63, 3.8) is 0 Å². The van der Waals surface area contributed by atoms with Gasteiger partial charge in [0.25, 0.3) is 6.10 Å². The number of alkyl halides is 9. The maximum atomic E-state index is 13.4. The number of benzene rings is 1. The quantitative estimate of drug-likeness (QED) is 0.460. The Labute approximate surface area is 222 Å². The van der Waals surface area contributed by atoms with Gasteiger partial charge in [-0.15, -0.1) is 0 Å². The van der Waals surface area contributed by atoms with Crippen LogP contribution in [-0.4, -0.2) is 97.3 Å². The maximum Gasteiger partial charge on any atom is 0.434 e. The van der Waals surface area contributed by atoms with Crippen molar-refractivity contribution in [2.75, 3.05) is 50.7 Å². The minimum absolute atomic E-state index is 0.0272. The van der Waals surface area contributed by atoms with Gasteiger partial charge < -0.3 is 25.0 Å². The van der Waals surface area contributed by atoms with Crippen molar-refractivity contribution in [1.82, 2.24) is 15.1 Å². The number of nitrogens with zero attached hydrogens (tertiary/aromatic N) is 3. The third-order valence-electron chi connectivity index (χ3n) is 6.63. The van der Waals surface area contributed by atoms with E-state index in [0.29, 0.717) is 42.1 Å². The molecule has 1 aromatic carbocycles. The van der Waals surface area contributed by atoms with E-state index in [0.717, 1.165) is 12.1 Å². The summed E-state index contributed by atoms with van der Waals surface area (Å²) in [5, 5.41) is 11.7. The van der Waals surface area contributed by atoms with E-state index in [-0.39, 0.29) is 45.3 Å². The number of carbonyl (C=O) groups is 2. The number of carboxylic acids is 1. The average molecular weight is 594 g/mol. The molecule has 1 aromatic rings. The molecular formula is C23H27F9N4O4. The van der Waals surface area contributed by atoms with Crippen LogP contribution in [0.15, 0.2) is 18.2 Å². The van der Waals surface area contributed by atoms with Gasteiger partial charge in [0, 0.05) is 57.5 Å². The first-order valence-corrected chi connectivity index (χ1v) is 12.2. The zero-order chi connectivity index (χ0) is 29.9. The Morgan fingerprint density at radius 3 is 2.00 bits per heavy atom. The Kier molecular flexibility index (Phi) is 9.70. The van der Waals surface area contributed by atoms with Crippen molar-refractivity contribution in [1.29, 1.82) is 0 Å². The molecule has 0 aliphatic carbocycles. The first-order chi connectivity index (χ1) is 18.4. The second-order valence-electron chi connectivity index (χ2n) is 9.49. The number of piperazine rings is 1. The lowest BCUT2D eigenvalue weighted by atomic mass is 10.0. The average Bonchev–Trinajstić information content (AvgIpc) is 2.85. The molecule has 0 spiro atoms. The fourth-order valence-electron chi connectivity index (χ4n) is 4.55. The van der Waals surface area contributed by atoms with E-state index < -0.39 is 42.3 Å². The second kappa shape index (κ2) is 12.3. The SMILES string of the molecule is O=C(O)CNC1CCN(c2cc(C(F)(F)F)ccc2CN2CCN(C(=O)OC(C(F)(F)F)C(F)(F)F)CC2)CC1. The van der Waals surface area contributed by atoms with Gasteiger partial charge in [0.15, 0.2) is 0 Å². The summed E-state index contributed by atoms with van der Waals surface area (Å²) in [5.74, 6) is -1.03. The summed E-state index contributed by atoms with van der Waals surface area (Å²) < 4.78 is 120. The number of anilines is 1. The molecule has 1 amide bonds. The van der Waals surface area contributed by atoms with Gasteiger partial charge in [-0.2, -0.15) is 39.5 Å². The lowest BCUT2D eigenvalue weighted by Crippen LogP contribution is -2.52. The Balaban J connectivity index is 1.65. The smallest absolute Gasteiger partial charge is 0.434 e. The number of carboxylic acid groups (broad SMARTS) is 1. The third kappa shape index (κ3) is 8.52. The molecule has 2 heterocycles. The minimum atomic E-state index is -5.84. The van der Waals surface area contributed by atoms with E-state index in [2.05, 4.69) is 10.1 Å². The summed E-state index contributed by atoms with van der Waals surface area (Å²) in [6.45, 7) is 0.123. The molecule has 0 atom stereocenters. The molecule has 2 saturated heterocycles. The van der Waals surface area contributed by atoms with Gasteiger partial charge in [-0.3, -0.25) is 9.69 Å². The third-order valence-corrected chi connectivity index (χ3v) is 6.63. The summed E-state index contributed by atoms with van der Waals surface area (Å²) in [4.78, 5) is 27.0. The Hall–Kier alpha value is -2.95. The van der Waals surface area contributed by atoms with Gasteiger partial charge in [0.2, 0.25) is 0 Å². The molecule has 8 nitrogen and oxygen atoms in total. The first-order valence-electron chi connectivity index (χ1n) is 12.2. The van der Waals surface area contributed by atoms with Gasteiger partial charge in [0.1, 0.15) is 0 Å². The Morgan fingerprint density at radius 1 is 0.925 bits per heavy atom. The Morgan fingerprint density at radius 2 is 1.50 bits per heavy atom. The highest BCUT2D eigenvalue weighted by Gasteiger charge is 2.60. The number of halogens is 9. The van der Waals surface area contributed by atoms with Crippen molar-refractivity contribution in [3.8, 4) is 0 Å². The summed E-state index contributed by atoms with van der Waals surface area (Å²) in [6, 6.07) is 3.12. The van der Waals surface area contributed by atoms with Crippen molar-refractivity contribution in [2.24, 2.45) is 0 Å². The molecule has 40 heavy (non-hydrogen) atoms. The molecule has 0 radical (unpaired) electrons. The zero-order valence-electron chi connectivity index (χ0n) is 20.9. The summed E-state index contributed by atoms with van der Waals surface area (Å²) in [7, 11) is 0. The number of carbonyl (C=O) groups excluding carboxylic acids is 1. The summed E-state index contributed by atoms with van der Waals surface area (Å²) in [6.07, 6.45) is -21.3. The highest BCUT2D eigenvalue weighted by molar-refractivity contribution is 5.69. The predicted octanol–water partition coefficient (Wildman–Crippen LogP) is 4.10. The predicted molar refractivity (Wildman–Crippen MR) is 122 cm³/mol. The van der Waals surface area contributed by atoms with E-state index in [4.69, 9.17) is 5.11 Å². The van der Waals surface area contributed by atoms with Crippen LogP contribution in [-0.2, 0) is 22.3 Å². The number of rotatable bonds is 7. The van der Waals surface area contributed by atoms with Crippen molar-refractivity contribution < 1.29 is 58.9 Å². The molecule has 0 bridgehead atoms. The van der Waals surface area contributed by atoms with Gasteiger partial charge in [0.05, 0.1) is 12.1 Å². The fourth-order valence-corrected chi connectivity index (χ4v) is 4.55. The normalized spacial score (nSPS) is 18.4. The maximum absolute atomic E-state index is 13.4. The second-order valence-corrected chi connectivity index (χ2v) is 9.49. The van der Waals surface area contributed by atoms with Crippen LogP contribution < -0.4 is 10.2 Å². The number of amides is 1. The summed E-state index contributed by atoms with van der Waals surface area (Å²) in [5.41, 5.74) is -0.0458. The Bertz CT molecular complexity index is 1020. The highest BCUT2D eigenvalue weighted by atomic mass is 19.4. The van der Waals surface area contributed by atoms with Crippen molar-refractivity contribution in [3.05, 3.63) is 29.3 Å². The topological polar surface area (TPSA) is 85.4 Å². The van der Waals surface area contributed by atoms with Crippen LogP contribution in [0.3, 0.4) is 0 Å². The lowest BCUT2D eigenvalue weighted by Gasteiger charge is -2.38. The van der Waals surface area contributed by atoms with E-state index in [1.807, 2.05) is 0 Å². The molecule has 2 fully saturated rings. The van der Waals surface area contributed by atoms with Crippen LogP contribution in [0.25, 0.3) is 0 Å². The number of nitrogens with one attached hydrogen (secondary N) is 1. The number of piperidine rings is 1. The fraction of sp³-hybridized carbons (Fsp3) is 0.652. The molecule has 2 aliphatic rings. The molecule has 2 N–H and O–H groups in total. The van der Waals surface area contributed by atoms with Gasteiger partial charge in [-0.05, 0) is 30.5 Å². The van der Waals surface area contributed by atoms with Gasteiger partial charge in [-0.25, -0.2) is 4.79 Å². The number of aliphatic carboxylic acids is 1. The van der Waals surface area contributed by atoms with Crippen molar-refractivity contribution >= 4 is 17.7 Å². The van der Waals surface area contributed by atoms with Crippen LogP contribution in [0.5, 0.6) is 0 Å². The van der Waals surface area contributed by atoms with Crippen LogP contribution >= 0.6 is 0 Å². The molecule has 0 saturated carbocycles. The first kappa shape index (κ1) is 31.6. The van der Waals surface area contributed by atoms with E-state index in [1.165, 1.54) is 6.07 Å². The number of hydrogen-bond donors (Lipinski definition) is 2. The minimum Gasteiger partial charge on any atom is -0.480 e. The summed E-state index contributed by atoms with van der Waals surface area (Å²) >= 11 is 0. The molecule has 3 rings (SSSR count). The van der Waals surface area contributed by atoms with Crippen LogP contribution in [0.1, 0.15) is 24.0 Å². The monoisotopic (exact) mass is 594 g/mol. The van der Waals surface area contributed by atoms with E-state index in [1.54, 1.807) is 9.80 Å². The molecule has 17 heteroatoms. The van der Waals surface area contributed by atoms with Crippen LogP contribution in [0.2, 0.25) is 0 Å². The molecule has 2 aliphatic heterocycles. The van der Waals surface area contributed by atoms with E-state index in [9.17, 15) is 49.1 Å². The highest BCUT2D eigenvalue weighted by Crippen LogP contribution is 2.37. The largest absolute Gasteiger partial charge is 0.480 e. The zero-order valence-corrected chi connectivity index (χ0v) is 20.9. The van der Waals surface area contributed by atoms with Crippen LogP contribution in [0, 0.1) is 0 Å². The van der Waals surface area contributed by atoms with Crippen LogP contribution in [0.4, 0.5) is 50.0 Å². The van der Waals surface area contributed by atoms with Gasteiger partial charge >= 0.3 is 30.6 Å². The van der Waals surface area contributed by atoms with Gasteiger partial charge in [-0.1, -0.05) is 6.07 Å². The molecule has 226 valence electrons. The van der Waals surface area contributed by atoms with E-state index >= 15 is 0 Å².